The van der Waals surface area contributed by atoms with Crippen LogP contribution in [-0.4, -0.2) is 44.9 Å². The number of nitrogens with zero attached hydrogens (tertiary/aromatic N) is 1. The maximum absolute atomic E-state index is 12.9. The Morgan fingerprint density at radius 1 is 1.07 bits per heavy atom. The van der Waals surface area contributed by atoms with Crippen molar-refractivity contribution in [3.63, 3.8) is 0 Å². The van der Waals surface area contributed by atoms with E-state index in [1.807, 2.05) is 0 Å². The first-order valence-electron chi connectivity index (χ1n) is 7.93. The van der Waals surface area contributed by atoms with E-state index in [1.165, 1.54) is 22.5 Å². The largest absolute Gasteiger partial charge is 0.379 e. The SMILES string of the molecule is O=C(Nc1ccc(Br)c(Cl)c1)c1ccc(Cl)c(S(=O)(=O)N2CCOCC2)c1. The minimum Gasteiger partial charge on any atom is -0.379 e. The van der Waals surface area contributed by atoms with Gasteiger partial charge >= 0.3 is 0 Å². The van der Waals surface area contributed by atoms with Gasteiger partial charge in [0, 0.05) is 28.8 Å². The van der Waals surface area contributed by atoms with Crippen molar-refractivity contribution in [2.24, 2.45) is 0 Å². The van der Waals surface area contributed by atoms with Crippen LogP contribution in [0.3, 0.4) is 0 Å². The molecule has 1 heterocycles. The molecule has 1 aliphatic rings. The van der Waals surface area contributed by atoms with E-state index in [2.05, 4.69) is 21.2 Å². The van der Waals surface area contributed by atoms with Crippen molar-refractivity contribution >= 4 is 60.7 Å². The van der Waals surface area contributed by atoms with Gasteiger partial charge < -0.3 is 10.1 Å². The van der Waals surface area contributed by atoms with Crippen LogP contribution in [0.2, 0.25) is 10.0 Å². The Morgan fingerprint density at radius 2 is 1.78 bits per heavy atom. The Bertz CT molecular complexity index is 979. The van der Waals surface area contributed by atoms with E-state index in [1.54, 1.807) is 18.2 Å². The van der Waals surface area contributed by atoms with Gasteiger partial charge in [-0.05, 0) is 52.3 Å². The van der Waals surface area contributed by atoms with Gasteiger partial charge in [0.25, 0.3) is 5.91 Å². The van der Waals surface area contributed by atoms with Crippen molar-refractivity contribution in [3.05, 3.63) is 56.5 Å². The van der Waals surface area contributed by atoms with Crippen LogP contribution >= 0.6 is 39.1 Å². The standard InChI is InChI=1S/C17H15BrCl2N2O4S/c18-13-3-2-12(10-15(13)20)21-17(23)11-1-4-14(19)16(9-11)27(24,25)22-5-7-26-8-6-22/h1-4,9-10H,5-8H2,(H,21,23). The summed E-state index contributed by atoms with van der Waals surface area (Å²) < 4.78 is 32.9. The summed E-state index contributed by atoms with van der Waals surface area (Å²) >= 11 is 15.4. The first kappa shape index (κ1) is 20.6. The summed E-state index contributed by atoms with van der Waals surface area (Å²) in [6.07, 6.45) is 0. The maximum Gasteiger partial charge on any atom is 0.255 e. The second kappa shape index (κ2) is 8.46. The van der Waals surface area contributed by atoms with Gasteiger partial charge in [0.05, 0.1) is 23.3 Å². The van der Waals surface area contributed by atoms with Gasteiger partial charge in [0.15, 0.2) is 0 Å². The molecule has 0 spiro atoms. The molecular weight excluding hydrogens is 479 g/mol. The summed E-state index contributed by atoms with van der Waals surface area (Å²) in [5, 5.41) is 3.19. The lowest BCUT2D eigenvalue weighted by Crippen LogP contribution is -2.40. The molecule has 27 heavy (non-hydrogen) atoms. The minimum atomic E-state index is -3.82. The average Bonchev–Trinajstić information content (AvgIpc) is 2.65. The Hall–Kier alpha value is -1.16. The predicted molar refractivity (Wildman–Crippen MR) is 108 cm³/mol. The van der Waals surface area contributed by atoms with E-state index in [0.29, 0.717) is 28.4 Å². The molecule has 0 bridgehead atoms. The average molecular weight is 494 g/mol. The fraction of sp³-hybridized carbons (Fsp3) is 0.235. The number of nitrogens with one attached hydrogen (secondary N) is 1. The molecule has 1 saturated heterocycles. The summed E-state index contributed by atoms with van der Waals surface area (Å²) in [4.78, 5) is 12.4. The molecule has 1 aliphatic heterocycles. The van der Waals surface area contributed by atoms with E-state index in [0.717, 1.165) is 0 Å². The molecule has 0 radical (unpaired) electrons. The number of anilines is 1. The molecule has 1 amide bonds. The van der Waals surface area contributed by atoms with Crippen molar-refractivity contribution < 1.29 is 17.9 Å². The quantitative estimate of drug-likeness (QED) is 0.697. The van der Waals surface area contributed by atoms with Crippen molar-refractivity contribution in [1.82, 2.24) is 4.31 Å². The van der Waals surface area contributed by atoms with Crippen LogP contribution in [-0.2, 0) is 14.8 Å². The van der Waals surface area contributed by atoms with E-state index in [-0.39, 0.29) is 28.6 Å². The van der Waals surface area contributed by atoms with Crippen LogP contribution in [0.1, 0.15) is 10.4 Å². The molecule has 0 aliphatic carbocycles. The number of carbonyl (C=O) groups excluding carboxylic acids is 1. The zero-order valence-electron chi connectivity index (χ0n) is 13.9. The highest BCUT2D eigenvalue weighted by Gasteiger charge is 2.29. The molecular formula is C17H15BrCl2N2O4S. The van der Waals surface area contributed by atoms with Crippen LogP contribution in [0.5, 0.6) is 0 Å². The van der Waals surface area contributed by atoms with Gasteiger partial charge in [0.1, 0.15) is 4.90 Å². The first-order valence-corrected chi connectivity index (χ1v) is 10.9. The number of amides is 1. The number of benzene rings is 2. The molecule has 6 nitrogen and oxygen atoms in total. The number of ether oxygens (including phenoxy) is 1. The van der Waals surface area contributed by atoms with Crippen LogP contribution in [0, 0.1) is 0 Å². The summed E-state index contributed by atoms with van der Waals surface area (Å²) in [5.41, 5.74) is 0.658. The van der Waals surface area contributed by atoms with Crippen LogP contribution in [0.4, 0.5) is 5.69 Å². The smallest absolute Gasteiger partial charge is 0.255 e. The second-order valence-corrected chi connectivity index (χ2v) is 9.32. The number of sulfonamides is 1. The topological polar surface area (TPSA) is 75.7 Å². The summed E-state index contributed by atoms with van der Waals surface area (Å²) in [6.45, 7) is 1.13. The van der Waals surface area contributed by atoms with Crippen molar-refractivity contribution in [1.29, 1.82) is 0 Å². The lowest BCUT2D eigenvalue weighted by Gasteiger charge is -2.26. The molecule has 0 atom stereocenters. The molecule has 0 aromatic heterocycles. The maximum atomic E-state index is 12.9. The predicted octanol–water partition coefficient (Wildman–Crippen LogP) is 4.03. The van der Waals surface area contributed by atoms with E-state index >= 15 is 0 Å². The normalized spacial score (nSPS) is 15.5. The number of morpholine rings is 1. The van der Waals surface area contributed by atoms with Crippen molar-refractivity contribution in [2.75, 3.05) is 31.6 Å². The summed E-state index contributed by atoms with van der Waals surface area (Å²) in [6, 6.07) is 9.12. The van der Waals surface area contributed by atoms with Gasteiger partial charge in [-0.3, -0.25) is 4.79 Å². The van der Waals surface area contributed by atoms with Crippen LogP contribution in [0.25, 0.3) is 0 Å². The van der Waals surface area contributed by atoms with Crippen LogP contribution in [0.15, 0.2) is 45.8 Å². The monoisotopic (exact) mass is 492 g/mol. The highest BCUT2D eigenvalue weighted by molar-refractivity contribution is 9.10. The van der Waals surface area contributed by atoms with Gasteiger partial charge in [-0.1, -0.05) is 23.2 Å². The lowest BCUT2D eigenvalue weighted by molar-refractivity contribution is 0.0730. The van der Waals surface area contributed by atoms with E-state index in [4.69, 9.17) is 27.9 Å². The third-order valence-electron chi connectivity index (χ3n) is 3.96. The number of carbonyl (C=O) groups is 1. The third kappa shape index (κ3) is 4.64. The first-order chi connectivity index (χ1) is 12.8. The Labute approximate surface area is 175 Å². The molecule has 1 fully saturated rings. The second-order valence-electron chi connectivity index (χ2n) is 5.74. The van der Waals surface area contributed by atoms with Gasteiger partial charge in [-0.15, -0.1) is 0 Å². The molecule has 2 aromatic carbocycles. The summed E-state index contributed by atoms with van der Waals surface area (Å²) in [7, 11) is -3.82. The molecule has 0 unspecified atom stereocenters. The fourth-order valence-electron chi connectivity index (χ4n) is 2.55. The Balaban J connectivity index is 1.88. The minimum absolute atomic E-state index is 0.0599. The molecule has 144 valence electrons. The Kier molecular flexibility index (Phi) is 6.45. The molecule has 3 rings (SSSR count). The number of hydrogen-bond donors (Lipinski definition) is 1. The molecule has 1 N–H and O–H groups in total. The Morgan fingerprint density at radius 3 is 2.44 bits per heavy atom. The molecule has 0 saturated carbocycles. The fourth-order valence-corrected chi connectivity index (χ4v) is 4.88. The summed E-state index contributed by atoms with van der Waals surface area (Å²) in [5.74, 6) is -0.469. The van der Waals surface area contributed by atoms with Gasteiger partial charge in [-0.2, -0.15) is 4.31 Å². The zero-order chi connectivity index (χ0) is 19.6. The van der Waals surface area contributed by atoms with E-state index in [9.17, 15) is 13.2 Å². The molecule has 2 aromatic rings. The number of rotatable bonds is 4. The van der Waals surface area contributed by atoms with E-state index < -0.39 is 15.9 Å². The number of hydrogen-bond acceptors (Lipinski definition) is 4. The zero-order valence-corrected chi connectivity index (χ0v) is 17.8. The van der Waals surface area contributed by atoms with Crippen molar-refractivity contribution in [3.8, 4) is 0 Å². The van der Waals surface area contributed by atoms with Crippen LogP contribution < -0.4 is 5.32 Å². The third-order valence-corrected chi connectivity index (χ3v) is 7.57. The molecule has 10 heteroatoms. The highest BCUT2D eigenvalue weighted by Crippen LogP contribution is 2.28. The lowest BCUT2D eigenvalue weighted by atomic mass is 10.2. The van der Waals surface area contributed by atoms with Crippen molar-refractivity contribution in [2.45, 2.75) is 4.90 Å². The van der Waals surface area contributed by atoms with Gasteiger partial charge in [-0.25, -0.2) is 8.42 Å². The number of halogens is 3. The highest BCUT2D eigenvalue weighted by atomic mass is 79.9. The van der Waals surface area contributed by atoms with Gasteiger partial charge in [0.2, 0.25) is 10.0 Å².